The smallest absolute Gasteiger partial charge is 0.258 e. The maximum atomic E-state index is 11.8. The van der Waals surface area contributed by atoms with Gasteiger partial charge in [0.2, 0.25) is 0 Å². The van der Waals surface area contributed by atoms with Gasteiger partial charge >= 0.3 is 0 Å². The third kappa shape index (κ3) is 8.18. The number of nitrogens with one attached hydrogen (secondary N) is 3. The lowest BCUT2D eigenvalue weighted by Gasteiger charge is -2.15. The molecule has 0 radical (unpaired) electrons. The van der Waals surface area contributed by atoms with Gasteiger partial charge in [0.15, 0.2) is 12.6 Å². The summed E-state index contributed by atoms with van der Waals surface area (Å²) in [6, 6.07) is 8.15. The number of benzene rings is 1. The molecule has 6 heteroatoms. The highest BCUT2D eigenvalue weighted by molar-refractivity contribution is 5.79. The zero-order valence-corrected chi connectivity index (χ0v) is 17.5. The van der Waals surface area contributed by atoms with Gasteiger partial charge in [0.1, 0.15) is 5.75 Å². The number of carbonyl (C=O) groups is 1. The fourth-order valence-corrected chi connectivity index (χ4v) is 3.36. The number of hydrogen-bond acceptors (Lipinski definition) is 3. The number of amides is 1. The van der Waals surface area contributed by atoms with Crippen LogP contribution in [0.2, 0.25) is 0 Å². The number of allylic oxidation sites excluding steroid dienone is 1. The summed E-state index contributed by atoms with van der Waals surface area (Å²) < 4.78 is 5.63. The fourth-order valence-electron chi connectivity index (χ4n) is 3.36. The normalized spacial score (nSPS) is 16.7. The van der Waals surface area contributed by atoms with Crippen molar-refractivity contribution in [3.63, 3.8) is 0 Å². The second-order valence-electron chi connectivity index (χ2n) is 7.76. The molecule has 0 saturated heterocycles. The van der Waals surface area contributed by atoms with Crippen LogP contribution in [-0.4, -0.2) is 37.6 Å². The minimum atomic E-state index is -0.0531. The third-order valence-corrected chi connectivity index (χ3v) is 5.10. The summed E-state index contributed by atoms with van der Waals surface area (Å²) >= 11 is 0. The van der Waals surface area contributed by atoms with Crippen molar-refractivity contribution in [1.29, 1.82) is 0 Å². The molecule has 29 heavy (non-hydrogen) atoms. The second-order valence-corrected chi connectivity index (χ2v) is 7.76. The Morgan fingerprint density at radius 3 is 2.90 bits per heavy atom. The molecule has 1 aromatic carbocycles. The Bertz CT molecular complexity index is 725. The van der Waals surface area contributed by atoms with Gasteiger partial charge in [-0.25, -0.2) is 4.99 Å². The predicted molar refractivity (Wildman–Crippen MR) is 117 cm³/mol. The van der Waals surface area contributed by atoms with E-state index < -0.39 is 0 Å². The molecular formula is C23H34N4O2. The first-order valence-corrected chi connectivity index (χ1v) is 10.9. The van der Waals surface area contributed by atoms with Gasteiger partial charge in [-0.05, 0) is 69.6 Å². The summed E-state index contributed by atoms with van der Waals surface area (Å²) in [5, 5.41) is 9.67. The fraction of sp³-hybridized carbons (Fsp3) is 0.565. The number of carbonyl (C=O) groups excluding carboxylic acids is 1. The summed E-state index contributed by atoms with van der Waals surface area (Å²) in [6.45, 7) is 4.42. The van der Waals surface area contributed by atoms with E-state index >= 15 is 0 Å². The molecular weight excluding hydrogens is 364 g/mol. The quantitative estimate of drug-likeness (QED) is 0.321. The first kappa shape index (κ1) is 21.2. The molecule has 2 aliphatic rings. The number of guanidine groups is 1. The van der Waals surface area contributed by atoms with Gasteiger partial charge in [-0.1, -0.05) is 23.8 Å². The molecule has 3 rings (SSSR count). The lowest BCUT2D eigenvalue weighted by atomic mass is 9.97. The lowest BCUT2D eigenvalue weighted by molar-refractivity contribution is -0.123. The van der Waals surface area contributed by atoms with Gasteiger partial charge in [-0.3, -0.25) is 4.79 Å². The van der Waals surface area contributed by atoms with E-state index in [1.807, 2.05) is 24.3 Å². The average molecular weight is 399 g/mol. The Hall–Kier alpha value is -2.50. The maximum Gasteiger partial charge on any atom is 0.258 e. The summed E-state index contributed by atoms with van der Waals surface area (Å²) in [4.78, 5) is 16.5. The molecule has 0 spiro atoms. The molecule has 0 unspecified atom stereocenters. The number of aliphatic imine (C=N–C) groups is 1. The molecule has 0 aliphatic heterocycles. The molecule has 1 saturated carbocycles. The first-order valence-electron chi connectivity index (χ1n) is 10.9. The monoisotopic (exact) mass is 398 g/mol. The van der Waals surface area contributed by atoms with Gasteiger partial charge in [0, 0.05) is 19.1 Å². The van der Waals surface area contributed by atoms with Gasteiger partial charge in [0.05, 0.1) is 6.54 Å². The van der Waals surface area contributed by atoms with Crippen molar-refractivity contribution in [3.8, 4) is 5.75 Å². The van der Waals surface area contributed by atoms with E-state index in [9.17, 15) is 4.79 Å². The first-order chi connectivity index (χ1) is 14.2. The summed E-state index contributed by atoms with van der Waals surface area (Å²) in [6.07, 6.45) is 10.8. The van der Waals surface area contributed by atoms with E-state index in [4.69, 9.17) is 9.73 Å². The molecule has 1 aromatic rings. The van der Waals surface area contributed by atoms with Gasteiger partial charge in [0.25, 0.3) is 5.91 Å². The Morgan fingerprint density at radius 2 is 2.14 bits per heavy atom. The predicted octanol–water partition coefficient (Wildman–Crippen LogP) is 3.29. The van der Waals surface area contributed by atoms with Crippen molar-refractivity contribution in [2.45, 2.75) is 64.5 Å². The second kappa shape index (κ2) is 11.5. The molecule has 6 nitrogen and oxygen atoms in total. The highest BCUT2D eigenvalue weighted by Gasteiger charge is 2.23. The largest absolute Gasteiger partial charge is 0.484 e. The van der Waals surface area contributed by atoms with E-state index in [-0.39, 0.29) is 12.5 Å². The molecule has 1 fully saturated rings. The van der Waals surface area contributed by atoms with Crippen molar-refractivity contribution in [3.05, 3.63) is 41.5 Å². The van der Waals surface area contributed by atoms with Crippen LogP contribution in [0.4, 0.5) is 0 Å². The van der Waals surface area contributed by atoms with Crippen LogP contribution < -0.4 is 20.7 Å². The molecule has 3 N–H and O–H groups in total. The summed E-state index contributed by atoms with van der Waals surface area (Å²) in [5.74, 6) is 1.48. The van der Waals surface area contributed by atoms with Gasteiger partial charge in [-0.2, -0.15) is 0 Å². The molecule has 1 amide bonds. The minimum absolute atomic E-state index is 0.0531. The highest BCUT2D eigenvalue weighted by Crippen LogP contribution is 2.20. The van der Waals surface area contributed by atoms with Crippen molar-refractivity contribution < 1.29 is 9.53 Å². The summed E-state index contributed by atoms with van der Waals surface area (Å²) in [7, 11) is 0. The molecule has 2 aliphatic carbocycles. The number of rotatable bonds is 10. The average Bonchev–Trinajstić information content (AvgIpc) is 3.55. The van der Waals surface area contributed by atoms with Crippen molar-refractivity contribution in [2.75, 3.05) is 19.7 Å². The lowest BCUT2D eigenvalue weighted by Crippen LogP contribution is -2.37. The minimum Gasteiger partial charge on any atom is -0.484 e. The Balaban J connectivity index is 1.45. The Kier molecular flexibility index (Phi) is 8.40. The molecule has 0 heterocycles. The maximum absolute atomic E-state index is 11.8. The van der Waals surface area contributed by atoms with Crippen LogP contribution in [0.25, 0.3) is 0 Å². The van der Waals surface area contributed by atoms with E-state index in [1.165, 1.54) is 25.7 Å². The van der Waals surface area contributed by atoms with Crippen LogP contribution in [0.3, 0.4) is 0 Å². The van der Waals surface area contributed by atoms with Crippen LogP contribution in [0.5, 0.6) is 5.75 Å². The van der Waals surface area contributed by atoms with Crippen LogP contribution >= 0.6 is 0 Å². The molecule has 0 atom stereocenters. The Labute approximate surface area is 174 Å². The van der Waals surface area contributed by atoms with E-state index in [2.05, 4.69) is 29.0 Å². The van der Waals surface area contributed by atoms with Crippen molar-refractivity contribution in [2.24, 2.45) is 4.99 Å². The number of ether oxygens (including phenoxy) is 1. The number of nitrogens with zero attached hydrogens (tertiary/aromatic N) is 1. The van der Waals surface area contributed by atoms with Crippen LogP contribution in [0.1, 0.15) is 57.4 Å². The van der Waals surface area contributed by atoms with E-state index in [1.54, 1.807) is 5.57 Å². The molecule has 158 valence electrons. The zero-order valence-electron chi connectivity index (χ0n) is 17.5. The Morgan fingerprint density at radius 1 is 1.24 bits per heavy atom. The van der Waals surface area contributed by atoms with E-state index in [0.29, 0.717) is 18.3 Å². The van der Waals surface area contributed by atoms with E-state index in [0.717, 1.165) is 43.9 Å². The van der Waals surface area contributed by atoms with Gasteiger partial charge < -0.3 is 20.7 Å². The summed E-state index contributed by atoms with van der Waals surface area (Å²) in [5.41, 5.74) is 2.62. The molecule has 0 bridgehead atoms. The highest BCUT2D eigenvalue weighted by atomic mass is 16.5. The van der Waals surface area contributed by atoms with Crippen molar-refractivity contribution in [1.82, 2.24) is 16.0 Å². The van der Waals surface area contributed by atoms with Crippen LogP contribution in [0.15, 0.2) is 40.9 Å². The van der Waals surface area contributed by atoms with Crippen molar-refractivity contribution >= 4 is 11.9 Å². The van der Waals surface area contributed by atoms with Crippen LogP contribution in [0, 0.1) is 0 Å². The zero-order chi connectivity index (χ0) is 20.3. The SMILES string of the molecule is CCNC(=NCc1cccc(OCC(=O)NC2CC2)c1)NCCC1=CCCCC1. The topological polar surface area (TPSA) is 74.8 Å². The third-order valence-electron chi connectivity index (χ3n) is 5.10. The standard InChI is InChI=1S/C23H34N4O2/c1-2-24-23(25-14-13-18-7-4-3-5-8-18)26-16-19-9-6-10-21(15-19)29-17-22(28)27-20-11-12-20/h6-7,9-10,15,20H,2-5,8,11-14,16-17H2,1H3,(H,27,28)(H2,24,25,26). The van der Waals surface area contributed by atoms with Crippen LogP contribution in [-0.2, 0) is 11.3 Å². The number of hydrogen-bond donors (Lipinski definition) is 3. The molecule has 0 aromatic heterocycles. The van der Waals surface area contributed by atoms with Gasteiger partial charge in [-0.15, -0.1) is 0 Å².